The number of rotatable bonds is 7. The monoisotopic (exact) mass is 483 g/mol. The smallest absolute Gasteiger partial charge is 0.223 e. The molecule has 1 amide bonds. The van der Waals surface area contributed by atoms with Gasteiger partial charge in [0, 0.05) is 22.4 Å². The van der Waals surface area contributed by atoms with E-state index in [1.54, 1.807) is 0 Å². The molecule has 1 fully saturated rings. The summed E-state index contributed by atoms with van der Waals surface area (Å²) < 4.78 is 0. The number of nitrogen functional groups attached to an aromatic ring is 1. The number of aromatic hydroxyl groups is 1. The third-order valence-electron chi connectivity index (χ3n) is 7.50. The number of phenols is 1. The Bertz CT molecular complexity index is 1340. The number of H-pyrrole nitrogens is 1. The maximum absolute atomic E-state index is 13.3. The number of nitrogens with one attached hydrogen (secondary N) is 2. The van der Waals surface area contributed by atoms with Crippen LogP contribution in [0.15, 0.2) is 66.7 Å². The second-order valence-electron chi connectivity index (χ2n) is 9.82. The van der Waals surface area contributed by atoms with E-state index >= 15 is 0 Å². The van der Waals surface area contributed by atoms with Crippen molar-refractivity contribution < 1.29 is 9.90 Å². The van der Waals surface area contributed by atoms with Gasteiger partial charge in [0.2, 0.25) is 5.91 Å². The normalized spacial score (nSPS) is 18.7. The standard InChI is InChI=1S/C29H33N5O2/c30-17-19-9-11-20(12-10-19)29(36)32-25(15-18-5-2-1-3-6-18)23-8-4-7-22(27(23)35)21-13-14-24-26(16-21)33-34-28(24)31/h1-8,13-14,16,19-20,25,35H,9-12,15,17,30H2,(H,32,36)(H3,31,33,34). The van der Waals surface area contributed by atoms with Crippen LogP contribution in [0.2, 0.25) is 0 Å². The van der Waals surface area contributed by atoms with Crippen molar-refractivity contribution >= 4 is 22.6 Å². The van der Waals surface area contributed by atoms with Crippen molar-refractivity contribution in [3.63, 3.8) is 0 Å². The number of phenolic OH excluding ortho intramolecular Hbond substituents is 1. The van der Waals surface area contributed by atoms with Gasteiger partial charge < -0.3 is 21.9 Å². The molecular weight excluding hydrogens is 450 g/mol. The van der Waals surface area contributed by atoms with E-state index in [0.717, 1.165) is 47.7 Å². The maximum atomic E-state index is 13.3. The third-order valence-corrected chi connectivity index (χ3v) is 7.50. The van der Waals surface area contributed by atoms with Crippen LogP contribution in [0.1, 0.15) is 42.9 Å². The van der Waals surface area contributed by atoms with Gasteiger partial charge in [-0.05, 0) is 67.8 Å². The summed E-state index contributed by atoms with van der Waals surface area (Å²) in [6.07, 6.45) is 4.26. The van der Waals surface area contributed by atoms with Crippen molar-refractivity contribution in [1.29, 1.82) is 0 Å². The minimum absolute atomic E-state index is 0.0235. The zero-order valence-corrected chi connectivity index (χ0v) is 20.3. The molecule has 5 rings (SSSR count). The predicted octanol–water partition coefficient (Wildman–Crippen LogP) is 4.68. The molecule has 4 aromatic rings. The van der Waals surface area contributed by atoms with Gasteiger partial charge in [-0.3, -0.25) is 9.89 Å². The first-order valence-electron chi connectivity index (χ1n) is 12.6. The molecule has 7 nitrogen and oxygen atoms in total. The SMILES string of the molecule is NCC1CCC(C(=O)NC(Cc2ccccc2)c2cccc(-c3ccc4c(N)n[nH]c4c3)c2O)CC1. The number of carbonyl (C=O) groups is 1. The maximum Gasteiger partial charge on any atom is 0.223 e. The number of aromatic nitrogens is 2. The van der Waals surface area contributed by atoms with Crippen LogP contribution in [0.3, 0.4) is 0 Å². The van der Waals surface area contributed by atoms with Crippen molar-refractivity contribution in [1.82, 2.24) is 15.5 Å². The number of nitrogens with zero attached hydrogens (tertiary/aromatic N) is 1. The van der Waals surface area contributed by atoms with Crippen molar-refractivity contribution in [3.05, 3.63) is 77.9 Å². The van der Waals surface area contributed by atoms with Gasteiger partial charge in [0.05, 0.1) is 11.6 Å². The van der Waals surface area contributed by atoms with E-state index in [1.165, 1.54) is 0 Å². The van der Waals surface area contributed by atoms with Crippen LogP contribution in [0, 0.1) is 11.8 Å². The first-order valence-corrected chi connectivity index (χ1v) is 12.6. The van der Waals surface area contributed by atoms with Gasteiger partial charge in [-0.1, -0.05) is 54.6 Å². The van der Waals surface area contributed by atoms with Gasteiger partial charge in [0.1, 0.15) is 5.75 Å². The van der Waals surface area contributed by atoms with E-state index in [0.29, 0.717) is 35.8 Å². The molecule has 0 aliphatic heterocycles. The van der Waals surface area contributed by atoms with Crippen molar-refractivity contribution in [2.45, 2.75) is 38.1 Å². The van der Waals surface area contributed by atoms with Gasteiger partial charge in [-0.15, -0.1) is 0 Å². The van der Waals surface area contributed by atoms with Crippen LogP contribution in [0.5, 0.6) is 5.75 Å². The summed E-state index contributed by atoms with van der Waals surface area (Å²) in [4.78, 5) is 13.3. The number of hydrogen-bond donors (Lipinski definition) is 5. The van der Waals surface area contributed by atoms with E-state index in [4.69, 9.17) is 11.5 Å². The van der Waals surface area contributed by atoms with Crippen LogP contribution in [0.25, 0.3) is 22.0 Å². The van der Waals surface area contributed by atoms with Crippen molar-refractivity contribution in [2.75, 3.05) is 12.3 Å². The van der Waals surface area contributed by atoms with Crippen LogP contribution in [0.4, 0.5) is 5.82 Å². The summed E-state index contributed by atoms with van der Waals surface area (Å²) in [7, 11) is 0. The number of benzene rings is 3. The Balaban J connectivity index is 1.46. The Morgan fingerprint density at radius 3 is 2.58 bits per heavy atom. The topological polar surface area (TPSA) is 130 Å². The van der Waals surface area contributed by atoms with Gasteiger partial charge in [-0.2, -0.15) is 5.10 Å². The predicted molar refractivity (Wildman–Crippen MR) is 143 cm³/mol. The Morgan fingerprint density at radius 2 is 1.83 bits per heavy atom. The Labute approximate surface area is 210 Å². The fourth-order valence-corrected chi connectivity index (χ4v) is 5.32. The number of aromatic amines is 1. The Hall–Kier alpha value is -3.84. The Morgan fingerprint density at radius 1 is 1.06 bits per heavy atom. The van der Waals surface area contributed by atoms with Crippen LogP contribution in [-0.2, 0) is 11.2 Å². The average Bonchev–Trinajstić information content (AvgIpc) is 3.29. The summed E-state index contributed by atoms with van der Waals surface area (Å²) in [5.74, 6) is 1.14. The van der Waals surface area contributed by atoms with Crippen molar-refractivity contribution in [3.8, 4) is 16.9 Å². The first-order chi connectivity index (χ1) is 17.5. The van der Waals surface area contributed by atoms with E-state index < -0.39 is 0 Å². The van der Waals surface area contributed by atoms with E-state index in [-0.39, 0.29) is 23.6 Å². The molecule has 0 radical (unpaired) electrons. The molecule has 0 bridgehead atoms. The molecule has 1 unspecified atom stereocenters. The molecule has 0 spiro atoms. The molecule has 186 valence electrons. The number of anilines is 1. The Kier molecular flexibility index (Phi) is 6.91. The van der Waals surface area contributed by atoms with Gasteiger partial charge in [-0.25, -0.2) is 0 Å². The molecule has 0 saturated heterocycles. The highest BCUT2D eigenvalue weighted by Crippen LogP contribution is 2.38. The van der Waals surface area contributed by atoms with E-state index in [1.807, 2.05) is 66.7 Å². The first kappa shape index (κ1) is 23.9. The van der Waals surface area contributed by atoms with Gasteiger partial charge in [0.15, 0.2) is 5.82 Å². The average molecular weight is 484 g/mol. The number of fused-ring (bicyclic) bond motifs is 1. The number of para-hydroxylation sites is 1. The van der Waals surface area contributed by atoms with Crippen LogP contribution >= 0.6 is 0 Å². The minimum atomic E-state index is -0.362. The third kappa shape index (κ3) is 4.93. The zero-order valence-electron chi connectivity index (χ0n) is 20.3. The molecule has 3 aromatic carbocycles. The fraction of sp³-hybridized carbons (Fsp3) is 0.310. The van der Waals surface area contributed by atoms with Crippen molar-refractivity contribution in [2.24, 2.45) is 17.6 Å². The molecule has 1 heterocycles. The second kappa shape index (κ2) is 10.4. The summed E-state index contributed by atoms with van der Waals surface area (Å²) in [6, 6.07) is 21.1. The molecule has 1 saturated carbocycles. The summed E-state index contributed by atoms with van der Waals surface area (Å²) >= 11 is 0. The van der Waals surface area contributed by atoms with Crippen LogP contribution in [-0.4, -0.2) is 27.8 Å². The number of carbonyl (C=O) groups excluding carboxylic acids is 1. The van der Waals surface area contributed by atoms with Gasteiger partial charge in [0.25, 0.3) is 0 Å². The quantitative estimate of drug-likeness (QED) is 0.260. The summed E-state index contributed by atoms with van der Waals surface area (Å²) in [5.41, 5.74) is 15.9. The lowest BCUT2D eigenvalue weighted by Crippen LogP contribution is -2.37. The minimum Gasteiger partial charge on any atom is -0.507 e. The van der Waals surface area contributed by atoms with E-state index in [2.05, 4.69) is 15.5 Å². The fourth-order valence-electron chi connectivity index (χ4n) is 5.32. The largest absolute Gasteiger partial charge is 0.507 e. The van der Waals surface area contributed by atoms with E-state index in [9.17, 15) is 9.90 Å². The lowest BCUT2D eigenvalue weighted by molar-refractivity contribution is -0.127. The molecular formula is C29H33N5O2. The molecule has 7 heteroatoms. The second-order valence-corrected chi connectivity index (χ2v) is 9.82. The molecule has 1 atom stereocenters. The lowest BCUT2D eigenvalue weighted by atomic mass is 9.81. The summed E-state index contributed by atoms with van der Waals surface area (Å²) in [6.45, 7) is 0.683. The highest BCUT2D eigenvalue weighted by molar-refractivity contribution is 5.92. The molecule has 1 aliphatic carbocycles. The number of amides is 1. The van der Waals surface area contributed by atoms with Gasteiger partial charge >= 0.3 is 0 Å². The highest BCUT2D eigenvalue weighted by Gasteiger charge is 2.28. The van der Waals surface area contributed by atoms with Crippen LogP contribution < -0.4 is 16.8 Å². The zero-order chi connectivity index (χ0) is 25.1. The summed E-state index contributed by atoms with van der Waals surface area (Å²) in [5, 5.41) is 22.6. The number of hydrogen-bond acceptors (Lipinski definition) is 5. The molecule has 36 heavy (non-hydrogen) atoms. The molecule has 1 aromatic heterocycles. The molecule has 7 N–H and O–H groups in total. The molecule has 1 aliphatic rings. The highest BCUT2D eigenvalue weighted by atomic mass is 16.3. The number of nitrogens with two attached hydrogens (primary N) is 2. The lowest BCUT2D eigenvalue weighted by Gasteiger charge is -2.29.